The molecule has 0 aliphatic heterocycles. The van der Waals surface area contributed by atoms with Crippen molar-refractivity contribution >= 4 is 0 Å². The van der Waals surface area contributed by atoms with Crippen molar-refractivity contribution in [3.05, 3.63) is 36.7 Å². The summed E-state index contributed by atoms with van der Waals surface area (Å²) in [4.78, 5) is 3.19. The van der Waals surface area contributed by atoms with E-state index in [1.54, 1.807) is 12.2 Å². The summed E-state index contributed by atoms with van der Waals surface area (Å²) in [5.74, 6) is 1.09. The van der Waals surface area contributed by atoms with Gasteiger partial charge in [0.2, 0.25) is 0 Å². The Balaban J connectivity index is -0.0000000803. The fourth-order valence-corrected chi connectivity index (χ4v) is 2.20. The van der Waals surface area contributed by atoms with Gasteiger partial charge in [0.15, 0.2) is 0 Å². The van der Waals surface area contributed by atoms with E-state index in [0.29, 0.717) is 6.33 Å². The van der Waals surface area contributed by atoms with Gasteiger partial charge in [-0.2, -0.15) is 4.94 Å². The molecule has 0 radical (unpaired) electrons. The molecule has 0 aromatic carbocycles. The van der Waals surface area contributed by atoms with Gasteiger partial charge >= 0.3 is 0 Å². The van der Waals surface area contributed by atoms with Crippen molar-refractivity contribution in [2.24, 2.45) is 5.92 Å². The molecule has 0 atom stereocenters. The topological polar surface area (TPSA) is 40.7 Å². The van der Waals surface area contributed by atoms with E-state index in [0.717, 1.165) is 24.3 Å². The zero-order valence-electron chi connectivity index (χ0n) is 17.5. The Morgan fingerprint density at radius 2 is 1.65 bits per heavy atom. The van der Waals surface area contributed by atoms with Gasteiger partial charge in [-0.1, -0.05) is 91.9 Å². The molecule has 1 rings (SSSR count). The lowest BCUT2D eigenvalue weighted by Crippen LogP contribution is -2.03. The molecule has 2 N–H and O–H groups in total. The number of allylic oxidation sites excluding steroid dienone is 4. The zero-order valence-corrected chi connectivity index (χ0v) is 17.5. The van der Waals surface area contributed by atoms with Gasteiger partial charge in [0.25, 0.3) is 0 Å². The van der Waals surface area contributed by atoms with E-state index in [-0.39, 0.29) is 16.8 Å². The molecular formula is C21H43F3O2. The van der Waals surface area contributed by atoms with Gasteiger partial charge in [0.1, 0.15) is 0 Å². The van der Waals surface area contributed by atoms with Crippen LogP contribution in [0.25, 0.3) is 0 Å². The molecule has 0 saturated heterocycles. The molecule has 1 fully saturated rings. The van der Waals surface area contributed by atoms with Crippen LogP contribution in [0.15, 0.2) is 36.7 Å². The highest BCUT2D eigenvalue weighted by Gasteiger charge is 2.09. The van der Waals surface area contributed by atoms with E-state index in [1.807, 2.05) is 27.7 Å². The summed E-state index contributed by atoms with van der Waals surface area (Å²) in [6, 6.07) is 0. The van der Waals surface area contributed by atoms with Crippen LogP contribution in [0.4, 0.5) is 13.6 Å². The fourth-order valence-electron chi connectivity index (χ4n) is 2.20. The highest BCUT2D eigenvalue weighted by Crippen LogP contribution is 2.25. The standard InChI is InChI=1S/C8H11F.C8H16.C3H7FO.C2H6.FH.H2O/c1-3-5-8(4-2)6-7-9;1-2-8-6-4-3-5-7-8;1-2-3-5-4;1-2;;/h3,5-7H,1,4H2,2H3;8H,2-7H2,1H3;2-3H2,1H3;1-2H3;1H;1H2/b7-6-,8-5-;;;;;. The Labute approximate surface area is 160 Å². The summed E-state index contributed by atoms with van der Waals surface area (Å²) in [5, 5.41) is 0. The predicted octanol–water partition coefficient (Wildman–Crippen LogP) is 7.62. The van der Waals surface area contributed by atoms with Crippen LogP contribution in [0.2, 0.25) is 0 Å². The molecule has 1 aliphatic rings. The third kappa shape index (κ3) is 30.8. The van der Waals surface area contributed by atoms with E-state index in [1.165, 1.54) is 44.6 Å². The molecule has 0 amide bonds. The largest absolute Gasteiger partial charge is 0.412 e. The number of hydrogen-bond donors (Lipinski definition) is 0. The van der Waals surface area contributed by atoms with Crippen molar-refractivity contribution in [1.29, 1.82) is 0 Å². The minimum Gasteiger partial charge on any atom is -0.412 e. The van der Waals surface area contributed by atoms with Gasteiger partial charge in [-0.05, 0) is 34.9 Å². The Hall–Kier alpha value is -1.07. The van der Waals surface area contributed by atoms with E-state index in [2.05, 4.69) is 18.4 Å². The Bertz CT molecular complexity index is 285. The normalized spacial score (nSPS) is 13.4. The lowest BCUT2D eigenvalue weighted by molar-refractivity contribution is -0.131. The second-order valence-corrected chi connectivity index (χ2v) is 5.35. The first-order valence-electron chi connectivity index (χ1n) is 9.51. The summed E-state index contributed by atoms with van der Waals surface area (Å²) in [7, 11) is 0. The van der Waals surface area contributed by atoms with Crippen molar-refractivity contribution in [2.45, 2.75) is 86.0 Å². The third-order valence-corrected chi connectivity index (χ3v) is 3.60. The van der Waals surface area contributed by atoms with Gasteiger partial charge in [-0.15, -0.1) is 0 Å². The number of rotatable bonds is 6. The molecule has 5 heteroatoms. The second-order valence-electron chi connectivity index (χ2n) is 5.35. The molecule has 0 heterocycles. The zero-order chi connectivity index (χ0) is 19.1. The smallest absolute Gasteiger partial charge is 0.0873 e. The third-order valence-electron chi connectivity index (χ3n) is 3.60. The van der Waals surface area contributed by atoms with E-state index in [4.69, 9.17) is 0 Å². The van der Waals surface area contributed by atoms with E-state index < -0.39 is 0 Å². The van der Waals surface area contributed by atoms with Gasteiger partial charge in [-0.25, -0.2) is 4.39 Å². The quantitative estimate of drug-likeness (QED) is 0.434. The van der Waals surface area contributed by atoms with Crippen LogP contribution >= 0.6 is 0 Å². The minimum atomic E-state index is 0. The van der Waals surface area contributed by atoms with Crippen molar-refractivity contribution in [2.75, 3.05) is 6.61 Å². The van der Waals surface area contributed by atoms with Gasteiger partial charge < -0.3 is 5.48 Å². The van der Waals surface area contributed by atoms with Crippen LogP contribution in [0.3, 0.4) is 0 Å². The van der Waals surface area contributed by atoms with Gasteiger partial charge in [0.05, 0.1) is 12.9 Å². The molecule has 160 valence electrons. The van der Waals surface area contributed by atoms with Crippen molar-refractivity contribution in [1.82, 2.24) is 0 Å². The van der Waals surface area contributed by atoms with Crippen molar-refractivity contribution in [3.8, 4) is 0 Å². The van der Waals surface area contributed by atoms with Gasteiger partial charge in [0, 0.05) is 0 Å². The molecular weight excluding hydrogens is 341 g/mol. The van der Waals surface area contributed by atoms with Crippen molar-refractivity contribution < 1.29 is 24.0 Å². The molecule has 0 spiro atoms. The first kappa shape index (κ1) is 35.9. The SMILES string of the molecule is C=C/C=C(\C=C/F)CC.CC.CCC1CCCCC1.CCCOF.F.O. The van der Waals surface area contributed by atoms with Crippen LogP contribution in [-0.2, 0) is 4.94 Å². The molecule has 1 aliphatic carbocycles. The Morgan fingerprint density at radius 3 is 1.88 bits per heavy atom. The van der Waals surface area contributed by atoms with Gasteiger partial charge in [-0.3, -0.25) is 4.70 Å². The summed E-state index contributed by atoms with van der Waals surface area (Å²) < 4.78 is 22.0. The maximum atomic E-state index is 11.5. The number of hydrogen-bond acceptors (Lipinski definition) is 1. The van der Waals surface area contributed by atoms with E-state index in [9.17, 15) is 8.92 Å². The monoisotopic (exact) mass is 384 g/mol. The summed E-state index contributed by atoms with van der Waals surface area (Å²) >= 11 is 0. The molecule has 0 unspecified atom stereocenters. The Morgan fingerprint density at radius 1 is 1.12 bits per heavy atom. The maximum absolute atomic E-state index is 11.5. The lowest BCUT2D eigenvalue weighted by Gasteiger charge is -2.18. The van der Waals surface area contributed by atoms with Crippen LogP contribution in [0, 0.1) is 5.92 Å². The van der Waals surface area contributed by atoms with Crippen LogP contribution in [-0.4, -0.2) is 12.1 Å². The average molecular weight is 385 g/mol. The van der Waals surface area contributed by atoms with Crippen LogP contribution in [0.1, 0.15) is 86.0 Å². The van der Waals surface area contributed by atoms with E-state index >= 15 is 0 Å². The highest BCUT2D eigenvalue weighted by molar-refractivity contribution is 5.21. The number of halogens is 3. The molecule has 0 aromatic heterocycles. The molecule has 1 saturated carbocycles. The van der Waals surface area contributed by atoms with Crippen LogP contribution in [0.5, 0.6) is 0 Å². The molecule has 2 nitrogen and oxygen atoms in total. The molecule has 26 heavy (non-hydrogen) atoms. The first-order chi connectivity index (χ1) is 11.7. The fraction of sp³-hybridized carbons (Fsp3) is 0.714. The first-order valence-corrected chi connectivity index (χ1v) is 9.51. The summed E-state index contributed by atoms with van der Waals surface area (Å²) in [6.07, 6.45) is 15.9. The molecule has 0 bridgehead atoms. The summed E-state index contributed by atoms with van der Waals surface area (Å²) in [6.45, 7) is 13.9. The second kappa shape index (κ2) is 35.1. The predicted molar refractivity (Wildman–Crippen MR) is 111 cm³/mol. The minimum absolute atomic E-state index is 0. The summed E-state index contributed by atoms with van der Waals surface area (Å²) in [5.41, 5.74) is 0.951. The van der Waals surface area contributed by atoms with Crippen LogP contribution < -0.4 is 0 Å². The maximum Gasteiger partial charge on any atom is 0.0873 e. The lowest BCUT2D eigenvalue weighted by atomic mass is 9.88. The van der Waals surface area contributed by atoms with Crippen molar-refractivity contribution in [3.63, 3.8) is 0 Å². The highest BCUT2D eigenvalue weighted by atomic mass is 19.3. The average Bonchev–Trinajstić information content (AvgIpc) is 2.65. The molecule has 0 aromatic rings. The Kier molecular flexibility index (Phi) is 48.5.